The van der Waals surface area contributed by atoms with Crippen molar-refractivity contribution in [1.29, 1.82) is 0 Å². The number of aryl methyl sites for hydroxylation is 1. The molecule has 0 bridgehead atoms. The molecule has 0 radical (unpaired) electrons. The van der Waals surface area contributed by atoms with Crippen molar-refractivity contribution in [1.82, 2.24) is 0 Å². The molecule has 0 amide bonds. The van der Waals surface area contributed by atoms with Crippen molar-refractivity contribution in [3.05, 3.63) is 21.9 Å². The minimum Gasteiger partial charge on any atom is -0.481 e. The van der Waals surface area contributed by atoms with Gasteiger partial charge < -0.3 is 10.8 Å². The first kappa shape index (κ1) is 9.22. The van der Waals surface area contributed by atoms with Crippen LogP contribution < -0.4 is 5.73 Å². The van der Waals surface area contributed by atoms with Crippen LogP contribution in [0.1, 0.15) is 22.9 Å². The molecule has 0 aliphatic carbocycles. The van der Waals surface area contributed by atoms with Crippen molar-refractivity contribution in [2.45, 2.75) is 19.4 Å². The number of hydrogen-bond donors (Lipinski definition) is 2. The maximum atomic E-state index is 10.3. The third kappa shape index (κ3) is 2.06. The van der Waals surface area contributed by atoms with Crippen molar-refractivity contribution < 1.29 is 9.90 Å². The van der Waals surface area contributed by atoms with Crippen LogP contribution in [0, 0.1) is 6.92 Å². The van der Waals surface area contributed by atoms with Crippen LogP contribution >= 0.6 is 11.3 Å². The van der Waals surface area contributed by atoms with Crippen molar-refractivity contribution in [3.8, 4) is 0 Å². The van der Waals surface area contributed by atoms with Gasteiger partial charge in [-0.1, -0.05) is 0 Å². The summed E-state index contributed by atoms with van der Waals surface area (Å²) in [6.07, 6.45) is 0.00134. The highest BCUT2D eigenvalue weighted by atomic mass is 32.1. The first-order valence-corrected chi connectivity index (χ1v) is 4.50. The first-order valence-electron chi connectivity index (χ1n) is 3.62. The van der Waals surface area contributed by atoms with Gasteiger partial charge in [-0.3, -0.25) is 4.79 Å². The largest absolute Gasteiger partial charge is 0.481 e. The molecule has 0 saturated heterocycles. The highest BCUT2D eigenvalue weighted by Gasteiger charge is 2.13. The number of nitrogens with two attached hydrogens (primary N) is 1. The number of carboxylic acids is 1. The molecular weight excluding hydrogens is 174 g/mol. The monoisotopic (exact) mass is 185 g/mol. The SMILES string of the molecule is Cc1ccsc1C(N)CC(=O)O. The van der Waals surface area contributed by atoms with Crippen molar-refractivity contribution in [2.24, 2.45) is 5.73 Å². The van der Waals surface area contributed by atoms with E-state index >= 15 is 0 Å². The van der Waals surface area contributed by atoms with Crippen LogP contribution in [0.5, 0.6) is 0 Å². The molecule has 4 heteroatoms. The second-order valence-electron chi connectivity index (χ2n) is 2.67. The Morgan fingerprint density at radius 2 is 2.50 bits per heavy atom. The Bertz CT molecular complexity index is 282. The Kier molecular flexibility index (Phi) is 2.83. The van der Waals surface area contributed by atoms with Crippen molar-refractivity contribution in [2.75, 3.05) is 0 Å². The number of hydrogen-bond acceptors (Lipinski definition) is 3. The lowest BCUT2D eigenvalue weighted by atomic mass is 10.1. The van der Waals surface area contributed by atoms with E-state index in [-0.39, 0.29) is 12.5 Å². The highest BCUT2D eigenvalue weighted by molar-refractivity contribution is 7.10. The molecule has 0 aliphatic rings. The van der Waals surface area contributed by atoms with Gasteiger partial charge >= 0.3 is 5.97 Å². The molecule has 66 valence electrons. The Morgan fingerprint density at radius 3 is 2.92 bits per heavy atom. The molecule has 0 saturated carbocycles. The summed E-state index contributed by atoms with van der Waals surface area (Å²) in [5.41, 5.74) is 6.75. The third-order valence-corrected chi connectivity index (χ3v) is 2.78. The van der Waals surface area contributed by atoms with Gasteiger partial charge in [0.05, 0.1) is 6.42 Å². The van der Waals surface area contributed by atoms with Crippen LogP contribution in [0.4, 0.5) is 0 Å². The number of carboxylic acid groups (broad SMARTS) is 1. The van der Waals surface area contributed by atoms with E-state index in [1.807, 2.05) is 18.4 Å². The Labute approximate surface area is 74.8 Å². The molecule has 12 heavy (non-hydrogen) atoms. The predicted octanol–water partition coefficient (Wildman–Crippen LogP) is 1.53. The highest BCUT2D eigenvalue weighted by Crippen LogP contribution is 2.23. The normalized spacial score (nSPS) is 12.8. The Balaban J connectivity index is 2.71. The fourth-order valence-corrected chi connectivity index (χ4v) is 1.98. The summed E-state index contributed by atoms with van der Waals surface area (Å²) in [7, 11) is 0. The van der Waals surface area contributed by atoms with Crippen LogP contribution in [-0.4, -0.2) is 11.1 Å². The summed E-state index contributed by atoms with van der Waals surface area (Å²) in [4.78, 5) is 11.3. The molecule has 1 atom stereocenters. The van der Waals surface area contributed by atoms with Crippen LogP contribution in [0.2, 0.25) is 0 Å². The number of rotatable bonds is 3. The molecule has 3 nitrogen and oxygen atoms in total. The first-order chi connectivity index (χ1) is 5.61. The van der Waals surface area contributed by atoms with E-state index in [1.165, 1.54) is 11.3 Å². The van der Waals surface area contributed by atoms with E-state index in [4.69, 9.17) is 10.8 Å². The Hall–Kier alpha value is -0.870. The molecule has 1 heterocycles. The molecule has 0 aliphatic heterocycles. The van der Waals surface area contributed by atoms with Gasteiger partial charge in [-0.15, -0.1) is 11.3 Å². The lowest BCUT2D eigenvalue weighted by molar-refractivity contribution is -0.137. The molecular formula is C8H11NO2S. The maximum Gasteiger partial charge on any atom is 0.305 e. The fraction of sp³-hybridized carbons (Fsp3) is 0.375. The van der Waals surface area contributed by atoms with E-state index < -0.39 is 5.97 Å². The average molecular weight is 185 g/mol. The molecule has 0 fully saturated rings. The summed E-state index contributed by atoms with van der Waals surface area (Å²) in [5, 5.41) is 10.4. The van der Waals surface area contributed by atoms with Gasteiger partial charge in [-0.25, -0.2) is 0 Å². The summed E-state index contributed by atoms with van der Waals surface area (Å²) in [6.45, 7) is 1.94. The zero-order chi connectivity index (χ0) is 9.14. The standard InChI is InChI=1S/C8H11NO2S/c1-5-2-3-12-8(5)6(9)4-7(10)11/h2-3,6H,4,9H2,1H3,(H,10,11). The minimum atomic E-state index is -0.852. The quantitative estimate of drug-likeness (QED) is 0.750. The predicted molar refractivity (Wildman–Crippen MR) is 48.2 cm³/mol. The minimum absolute atomic E-state index is 0.00134. The summed E-state index contributed by atoms with van der Waals surface area (Å²) >= 11 is 1.51. The maximum absolute atomic E-state index is 10.3. The van der Waals surface area contributed by atoms with E-state index in [9.17, 15) is 4.79 Å². The molecule has 3 N–H and O–H groups in total. The van der Waals surface area contributed by atoms with E-state index in [0.29, 0.717) is 0 Å². The van der Waals surface area contributed by atoms with Gasteiger partial charge in [-0.2, -0.15) is 0 Å². The zero-order valence-corrected chi connectivity index (χ0v) is 7.60. The third-order valence-electron chi connectivity index (χ3n) is 1.63. The molecule has 1 rings (SSSR count). The van der Waals surface area contributed by atoms with Gasteiger partial charge in [0.2, 0.25) is 0 Å². The van der Waals surface area contributed by atoms with Crippen molar-refractivity contribution in [3.63, 3.8) is 0 Å². The van der Waals surface area contributed by atoms with Gasteiger partial charge in [-0.05, 0) is 23.9 Å². The molecule has 1 unspecified atom stereocenters. The van der Waals surface area contributed by atoms with Crippen LogP contribution in [0.15, 0.2) is 11.4 Å². The number of carbonyl (C=O) groups is 1. The average Bonchev–Trinajstić information content (AvgIpc) is 2.33. The lowest BCUT2D eigenvalue weighted by Gasteiger charge is -2.06. The van der Waals surface area contributed by atoms with E-state index in [0.717, 1.165) is 10.4 Å². The van der Waals surface area contributed by atoms with E-state index in [1.54, 1.807) is 0 Å². The molecule has 1 aromatic heterocycles. The number of thiophene rings is 1. The van der Waals surface area contributed by atoms with Gasteiger partial charge in [0.1, 0.15) is 0 Å². The van der Waals surface area contributed by atoms with Gasteiger partial charge in [0.15, 0.2) is 0 Å². The topological polar surface area (TPSA) is 63.3 Å². The lowest BCUT2D eigenvalue weighted by Crippen LogP contribution is -2.14. The molecule has 0 aromatic carbocycles. The molecule has 1 aromatic rings. The second kappa shape index (κ2) is 3.69. The van der Waals surface area contributed by atoms with Gasteiger partial charge in [0, 0.05) is 10.9 Å². The molecule has 0 spiro atoms. The summed E-state index contributed by atoms with van der Waals surface area (Å²) in [5.74, 6) is -0.852. The van der Waals surface area contributed by atoms with Crippen LogP contribution in [0.25, 0.3) is 0 Å². The number of aliphatic carboxylic acids is 1. The van der Waals surface area contributed by atoms with Crippen LogP contribution in [-0.2, 0) is 4.79 Å². The summed E-state index contributed by atoms with van der Waals surface area (Å²) in [6, 6.07) is 1.59. The zero-order valence-electron chi connectivity index (χ0n) is 6.78. The second-order valence-corrected chi connectivity index (χ2v) is 3.62. The Morgan fingerprint density at radius 1 is 1.83 bits per heavy atom. The summed E-state index contributed by atoms with van der Waals surface area (Å²) < 4.78 is 0. The van der Waals surface area contributed by atoms with Gasteiger partial charge in [0.25, 0.3) is 0 Å². The van der Waals surface area contributed by atoms with Crippen LogP contribution in [0.3, 0.4) is 0 Å². The smallest absolute Gasteiger partial charge is 0.305 e. The van der Waals surface area contributed by atoms with Crippen molar-refractivity contribution >= 4 is 17.3 Å². The van der Waals surface area contributed by atoms with E-state index in [2.05, 4.69) is 0 Å². The fourth-order valence-electron chi connectivity index (χ4n) is 1.05.